The van der Waals surface area contributed by atoms with E-state index in [2.05, 4.69) is 48.0 Å². The zero-order valence-corrected chi connectivity index (χ0v) is 9.11. The van der Waals surface area contributed by atoms with Crippen LogP contribution in [0.15, 0.2) is 38.0 Å². The molecule has 0 N–H and O–H groups in total. The smallest absolute Gasteiger partial charge is 0.0167 e. The van der Waals surface area contributed by atoms with Gasteiger partial charge in [0.2, 0.25) is 0 Å². The van der Waals surface area contributed by atoms with Crippen LogP contribution in [0.3, 0.4) is 0 Å². The zero-order valence-electron chi connectivity index (χ0n) is 7.32. The largest absolute Gasteiger partial charge is 0.292 e. The summed E-state index contributed by atoms with van der Waals surface area (Å²) >= 11 is 6.44. The van der Waals surface area contributed by atoms with Crippen molar-refractivity contribution in [3.05, 3.63) is 38.0 Å². The minimum absolute atomic E-state index is 0.901. The van der Waals surface area contributed by atoms with E-state index in [1.54, 1.807) is 0 Å². The molecule has 3 heteroatoms. The second-order valence-corrected chi connectivity index (χ2v) is 2.08. The summed E-state index contributed by atoms with van der Waals surface area (Å²) < 4.78 is 0. The van der Waals surface area contributed by atoms with Crippen LogP contribution in [-0.4, -0.2) is 24.5 Å². The maximum absolute atomic E-state index is 3.65. The molecule has 0 heterocycles. The van der Waals surface area contributed by atoms with E-state index in [9.17, 15) is 0 Å². The number of hydrogen-bond acceptors (Lipinski definition) is 3. The maximum Gasteiger partial charge on any atom is 0.0167 e. The van der Waals surface area contributed by atoms with Crippen LogP contribution in [0, 0.1) is 0 Å². The van der Waals surface area contributed by atoms with Crippen LogP contribution in [0.2, 0.25) is 0 Å². The number of hydrogen-bond donors (Lipinski definition) is 2. The third-order valence-electron chi connectivity index (χ3n) is 1.16. The van der Waals surface area contributed by atoms with E-state index in [-0.39, 0.29) is 0 Å². The molecule has 70 valence electrons. The van der Waals surface area contributed by atoms with Crippen LogP contribution in [-0.2, 0) is 0 Å². The fourth-order valence-electron chi connectivity index (χ4n) is 0.771. The van der Waals surface area contributed by atoms with Gasteiger partial charge in [0.1, 0.15) is 0 Å². The molecule has 0 saturated carbocycles. The van der Waals surface area contributed by atoms with Crippen molar-refractivity contribution in [2.75, 3.05) is 19.6 Å². The molecule has 0 radical (unpaired) electrons. The van der Waals surface area contributed by atoms with Gasteiger partial charge in [-0.25, -0.2) is 0 Å². The van der Waals surface area contributed by atoms with Gasteiger partial charge < -0.3 is 0 Å². The SMILES string of the molecule is C=CCN(CC=C)CC=C.SS. The Balaban J connectivity index is 0. The van der Waals surface area contributed by atoms with Crippen LogP contribution in [0.25, 0.3) is 0 Å². The van der Waals surface area contributed by atoms with Crippen LogP contribution < -0.4 is 0 Å². The summed E-state index contributed by atoms with van der Waals surface area (Å²) in [6, 6.07) is 0. The highest BCUT2D eigenvalue weighted by atomic mass is 33.1. The first kappa shape index (κ1) is 14.4. The highest BCUT2D eigenvalue weighted by molar-refractivity contribution is 8.59. The van der Waals surface area contributed by atoms with Crippen molar-refractivity contribution in [3.63, 3.8) is 0 Å². The first-order chi connectivity index (χ1) is 5.85. The van der Waals surface area contributed by atoms with Gasteiger partial charge in [0.25, 0.3) is 0 Å². The summed E-state index contributed by atoms with van der Waals surface area (Å²) in [5, 5.41) is 0. The van der Waals surface area contributed by atoms with Gasteiger partial charge in [0.15, 0.2) is 0 Å². The lowest BCUT2D eigenvalue weighted by molar-refractivity contribution is 0.373. The Kier molecular flexibility index (Phi) is 16.2. The van der Waals surface area contributed by atoms with Gasteiger partial charge in [-0.2, -0.15) is 0 Å². The minimum atomic E-state index is 0.901. The Bertz CT molecular complexity index is 99.9. The number of nitrogens with zero attached hydrogens (tertiary/aromatic N) is 1. The van der Waals surface area contributed by atoms with E-state index in [1.165, 1.54) is 0 Å². The Hall–Kier alpha value is -0.120. The van der Waals surface area contributed by atoms with E-state index >= 15 is 0 Å². The second kappa shape index (κ2) is 13.5. The summed E-state index contributed by atoms with van der Waals surface area (Å²) in [6.07, 6.45) is 5.65. The molecule has 0 saturated heterocycles. The molecule has 0 spiro atoms. The van der Waals surface area contributed by atoms with Crippen molar-refractivity contribution < 1.29 is 0 Å². The van der Waals surface area contributed by atoms with Gasteiger partial charge >= 0.3 is 0 Å². The standard InChI is InChI=1S/C9H15N.H2S2/c1-4-7-10(8-5-2)9-6-3;1-2/h4-6H,1-3,7-9H2;1-2H. The molecule has 0 amide bonds. The van der Waals surface area contributed by atoms with E-state index in [0.29, 0.717) is 0 Å². The molecule has 12 heavy (non-hydrogen) atoms. The number of rotatable bonds is 6. The van der Waals surface area contributed by atoms with Crippen molar-refractivity contribution in [1.82, 2.24) is 4.90 Å². The lowest BCUT2D eigenvalue weighted by Crippen LogP contribution is -2.23. The Morgan fingerprint density at radius 3 is 1.25 bits per heavy atom. The Labute approximate surface area is 86.1 Å². The third-order valence-corrected chi connectivity index (χ3v) is 1.16. The predicted octanol–water partition coefficient (Wildman–Crippen LogP) is 2.61. The summed E-state index contributed by atoms with van der Waals surface area (Å²) in [5.74, 6) is 0. The average molecular weight is 203 g/mol. The molecule has 0 aromatic rings. The molecule has 0 aliphatic heterocycles. The fourth-order valence-corrected chi connectivity index (χ4v) is 0.771. The van der Waals surface area contributed by atoms with Gasteiger partial charge in [-0.3, -0.25) is 4.90 Å². The quantitative estimate of drug-likeness (QED) is 0.381. The van der Waals surface area contributed by atoms with E-state index < -0.39 is 0 Å². The Morgan fingerprint density at radius 2 is 1.08 bits per heavy atom. The van der Waals surface area contributed by atoms with Crippen molar-refractivity contribution in [3.8, 4) is 0 Å². The van der Waals surface area contributed by atoms with Crippen LogP contribution in [0.4, 0.5) is 0 Å². The lowest BCUT2D eigenvalue weighted by Gasteiger charge is -2.15. The van der Waals surface area contributed by atoms with Crippen LogP contribution in [0.5, 0.6) is 0 Å². The normalized spacial score (nSPS) is 8.25. The Morgan fingerprint density at radius 1 is 0.833 bits per heavy atom. The highest BCUT2D eigenvalue weighted by Crippen LogP contribution is 1.88. The van der Waals surface area contributed by atoms with E-state index in [4.69, 9.17) is 0 Å². The number of thiol groups is 2. The molecule has 0 atom stereocenters. The van der Waals surface area contributed by atoms with Crippen molar-refractivity contribution >= 4 is 23.3 Å². The van der Waals surface area contributed by atoms with Gasteiger partial charge in [0, 0.05) is 19.6 Å². The van der Waals surface area contributed by atoms with Gasteiger partial charge in [-0.1, -0.05) is 18.2 Å². The third kappa shape index (κ3) is 9.88. The lowest BCUT2D eigenvalue weighted by atomic mass is 10.4. The molecule has 0 fully saturated rings. The molecule has 0 aliphatic rings. The van der Waals surface area contributed by atoms with Crippen molar-refractivity contribution in [1.29, 1.82) is 0 Å². The summed E-state index contributed by atoms with van der Waals surface area (Å²) in [5.41, 5.74) is 0. The van der Waals surface area contributed by atoms with Crippen LogP contribution in [0.1, 0.15) is 0 Å². The molecular weight excluding hydrogens is 186 g/mol. The summed E-state index contributed by atoms with van der Waals surface area (Å²) in [7, 11) is 0. The maximum atomic E-state index is 3.65. The van der Waals surface area contributed by atoms with Crippen LogP contribution >= 0.6 is 23.3 Å². The summed E-state index contributed by atoms with van der Waals surface area (Å²) in [4.78, 5) is 2.19. The van der Waals surface area contributed by atoms with Gasteiger partial charge in [-0.15, -0.1) is 43.1 Å². The average Bonchev–Trinajstić information content (AvgIpc) is 2.10. The molecule has 0 aromatic heterocycles. The molecule has 1 nitrogen and oxygen atoms in total. The second-order valence-electron chi connectivity index (χ2n) is 2.08. The monoisotopic (exact) mass is 203 g/mol. The molecule has 0 aromatic carbocycles. The van der Waals surface area contributed by atoms with E-state index in [1.807, 2.05) is 18.2 Å². The molecule has 0 rings (SSSR count). The van der Waals surface area contributed by atoms with Gasteiger partial charge in [-0.05, 0) is 0 Å². The van der Waals surface area contributed by atoms with E-state index in [0.717, 1.165) is 19.6 Å². The predicted molar refractivity (Wildman–Crippen MR) is 65.0 cm³/mol. The van der Waals surface area contributed by atoms with Crippen molar-refractivity contribution in [2.45, 2.75) is 0 Å². The summed E-state index contributed by atoms with van der Waals surface area (Å²) in [6.45, 7) is 13.7. The minimum Gasteiger partial charge on any atom is -0.292 e. The topological polar surface area (TPSA) is 3.24 Å². The molecule has 0 bridgehead atoms. The zero-order chi connectivity index (χ0) is 9.82. The van der Waals surface area contributed by atoms with Crippen molar-refractivity contribution in [2.24, 2.45) is 0 Å². The first-order valence-corrected chi connectivity index (χ1v) is 5.20. The first-order valence-electron chi connectivity index (χ1n) is 3.60. The molecule has 0 aliphatic carbocycles. The molecule has 0 unspecified atom stereocenters. The highest BCUT2D eigenvalue weighted by Gasteiger charge is 1.94. The fraction of sp³-hybridized carbons (Fsp3) is 0.333. The van der Waals surface area contributed by atoms with Gasteiger partial charge in [0.05, 0.1) is 0 Å². The molecular formula is C9H17NS2.